The topological polar surface area (TPSA) is 41.9 Å². The Morgan fingerprint density at radius 3 is 2.80 bits per heavy atom. The maximum atomic E-state index is 5.98. The minimum absolute atomic E-state index is 0.568. The van der Waals surface area contributed by atoms with Crippen molar-refractivity contribution in [2.24, 2.45) is 7.05 Å². The van der Waals surface area contributed by atoms with E-state index < -0.39 is 0 Å². The number of aryl methyl sites for hydroxylation is 3. The minimum Gasteiger partial charge on any atom is -0.358 e. The summed E-state index contributed by atoms with van der Waals surface area (Å²) in [5, 5.41) is 11.9. The second-order valence-electron chi connectivity index (χ2n) is 4.68. The molecule has 0 saturated carbocycles. The summed E-state index contributed by atoms with van der Waals surface area (Å²) in [4.78, 5) is 0. The van der Waals surface area contributed by atoms with Crippen LogP contribution in [-0.2, 0) is 13.6 Å². The summed E-state index contributed by atoms with van der Waals surface area (Å²) in [5.41, 5.74) is 4.13. The predicted octanol–water partition coefficient (Wildman–Crippen LogP) is 3.18. The molecule has 0 aliphatic carbocycles. The first-order chi connectivity index (χ1) is 9.45. The van der Waals surface area contributed by atoms with E-state index in [0.29, 0.717) is 16.7 Å². The van der Waals surface area contributed by atoms with Crippen molar-refractivity contribution in [2.75, 3.05) is 5.32 Å². The Hall–Kier alpha value is -1.59. The highest BCUT2D eigenvalue weighted by Gasteiger charge is 2.05. The van der Waals surface area contributed by atoms with Gasteiger partial charge in [0.05, 0.1) is 5.69 Å². The van der Waals surface area contributed by atoms with Crippen LogP contribution in [0.2, 0.25) is 5.02 Å². The van der Waals surface area contributed by atoms with Gasteiger partial charge in [-0.2, -0.15) is 5.10 Å². The van der Waals surface area contributed by atoms with E-state index in [1.165, 1.54) is 0 Å². The predicted molar refractivity (Wildman–Crippen MR) is 87.2 cm³/mol. The molecule has 1 heterocycles. The molecule has 0 aliphatic rings. The summed E-state index contributed by atoms with van der Waals surface area (Å²) in [5.74, 6) is 0. The molecule has 1 aromatic carbocycles. The number of aromatic nitrogens is 2. The molecular formula is C14H17ClN4S. The average molecular weight is 309 g/mol. The number of nitrogens with one attached hydrogen (secondary N) is 2. The van der Waals surface area contributed by atoms with Crippen molar-refractivity contribution in [1.82, 2.24) is 15.1 Å². The van der Waals surface area contributed by atoms with Crippen molar-refractivity contribution in [3.05, 3.63) is 46.2 Å². The van der Waals surface area contributed by atoms with Crippen molar-refractivity contribution in [3.63, 3.8) is 0 Å². The van der Waals surface area contributed by atoms with Gasteiger partial charge in [0.1, 0.15) is 0 Å². The minimum atomic E-state index is 0.568. The molecule has 4 nitrogen and oxygen atoms in total. The summed E-state index contributed by atoms with van der Waals surface area (Å²) in [6.45, 7) is 4.63. The molecule has 0 saturated heterocycles. The van der Waals surface area contributed by atoms with Crippen LogP contribution in [0.3, 0.4) is 0 Å². The first-order valence-electron chi connectivity index (χ1n) is 6.26. The van der Waals surface area contributed by atoms with E-state index in [4.69, 9.17) is 23.8 Å². The van der Waals surface area contributed by atoms with Crippen LogP contribution in [0.1, 0.15) is 16.8 Å². The van der Waals surface area contributed by atoms with Gasteiger partial charge in [-0.3, -0.25) is 4.68 Å². The molecule has 2 aromatic rings. The Morgan fingerprint density at radius 1 is 1.40 bits per heavy atom. The van der Waals surface area contributed by atoms with E-state index in [1.54, 1.807) is 4.68 Å². The Balaban J connectivity index is 1.96. The molecule has 2 N–H and O–H groups in total. The highest BCUT2D eigenvalue weighted by Crippen LogP contribution is 2.20. The molecule has 0 spiro atoms. The van der Waals surface area contributed by atoms with Gasteiger partial charge in [-0.05, 0) is 43.8 Å². The van der Waals surface area contributed by atoms with Gasteiger partial charge >= 0.3 is 0 Å². The molecule has 6 heteroatoms. The van der Waals surface area contributed by atoms with Crippen molar-refractivity contribution in [3.8, 4) is 0 Å². The van der Waals surface area contributed by atoms with Gasteiger partial charge in [0.25, 0.3) is 0 Å². The van der Waals surface area contributed by atoms with Gasteiger partial charge in [0.2, 0.25) is 0 Å². The van der Waals surface area contributed by atoms with E-state index in [-0.39, 0.29) is 0 Å². The van der Waals surface area contributed by atoms with Crippen LogP contribution >= 0.6 is 23.8 Å². The number of halogens is 1. The molecule has 0 amide bonds. The summed E-state index contributed by atoms with van der Waals surface area (Å²) < 4.78 is 1.80. The van der Waals surface area contributed by atoms with E-state index in [1.807, 2.05) is 45.3 Å². The fourth-order valence-electron chi connectivity index (χ4n) is 1.89. The third-order valence-electron chi connectivity index (χ3n) is 3.00. The monoisotopic (exact) mass is 308 g/mol. The second kappa shape index (κ2) is 6.24. The van der Waals surface area contributed by atoms with Crippen LogP contribution in [-0.4, -0.2) is 14.9 Å². The average Bonchev–Trinajstić information content (AvgIpc) is 2.70. The molecule has 2 rings (SSSR count). The summed E-state index contributed by atoms with van der Waals surface area (Å²) in [6, 6.07) is 5.68. The SMILES string of the molecule is Cc1ccc(Cl)cc1NC(=S)NCc1cn(C)nc1C. The highest BCUT2D eigenvalue weighted by atomic mass is 35.5. The summed E-state index contributed by atoms with van der Waals surface area (Å²) in [7, 11) is 1.91. The Labute approximate surface area is 129 Å². The fourth-order valence-corrected chi connectivity index (χ4v) is 2.25. The fraction of sp³-hybridized carbons (Fsp3) is 0.286. The van der Waals surface area contributed by atoms with Crippen molar-refractivity contribution in [2.45, 2.75) is 20.4 Å². The third-order valence-corrected chi connectivity index (χ3v) is 3.48. The number of anilines is 1. The Bertz CT molecular complexity index is 636. The van der Waals surface area contributed by atoms with Crippen LogP contribution in [0.25, 0.3) is 0 Å². The quantitative estimate of drug-likeness (QED) is 0.855. The number of nitrogens with zero attached hydrogens (tertiary/aromatic N) is 2. The largest absolute Gasteiger partial charge is 0.358 e. The molecule has 106 valence electrons. The summed E-state index contributed by atoms with van der Waals surface area (Å²) in [6.07, 6.45) is 1.98. The second-order valence-corrected chi connectivity index (χ2v) is 5.53. The molecule has 0 radical (unpaired) electrons. The number of thiocarbonyl (C=S) groups is 1. The van der Waals surface area contributed by atoms with Crippen LogP contribution in [0.15, 0.2) is 24.4 Å². The summed E-state index contributed by atoms with van der Waals surface area (Å²) >= 11 is 11.3. The van der Waals surface area contributed by atoms with Crippen LogP contribution in [0.5, 0.6) is 0 Å². The lowest BCUT2D eigenvalue weighted by Gasteiger charge is -2.12. The molecule has 1 aromatic heterocycles. The molecule has 0 aliphatic heterocycles. The number of hydrogen-bond acceptors (Lipinski definition) is 2. The van der Waals surface area contributed by atoms with E-state index in [9.17, 15) is 0 Å². The third kappa shape index (κ3) is 3.71. The maximum absolute atomic E-state index is 5.98. The van der Waals surface area contributed by atoms with E-state index >= 15 is 0 Å². The molecule has 0 unspecified atom stereocenters. The van der Waals surface area contributed by atoms with Crippen molar-refractivity contribution < 1.29 is 0 Å². The normalized spacial score (nSPS) is 10.4. The van der Waals surface area contributed by atoms with Crippen LogP contribution in [0, 0.1) is 13.8 Å². The molecule has 0 fully saturated rings. The zero-order chi connectivity index (χ0) is 14.7. The van der Waals surface area contributed by atoms with Gasteiger partial charge in [0.15, 0.2) is 5.11 Å². The Morgan fingerprint density at radius 2 is 2.15 bits per heavy atom. The molecule has 0 bridgehead atoms. The zero-order valence-corrected chi connectivity index (χ0v) is 13.3. The van der Waals surface area contributed by atoms with Crippen LogP contribution < -0.4 is 10.6 Å². The lowest BCUT2D eigenvalue weighted by atomic mass is 10.2. The van der Waals surface area contributed by atoms with Gasteiger partial charge in [0, 0.05) is 36.1 Å². The zero-order valence-electron chi connectivity index (χ0n) is 11.7. The van der Waals surface area contributed by atoms with Gasteiger partial charge in [-0.25, -0.2) is 0 Å². The molecule has 0 atom stereocenters. The number of benzene rings is 1. The van der Waals surface area contributed by atoms with Gasteiger partial charge in [-0.1, -0.05) is 17.7 Å². The van der Waals surface area contributed by atoms with E-state index in [0.717, 1.165) is 22.5 Å². The number of rotatable bonds is 3. The smallest absolute Gasteiger partial charge is 0.171 e. The van der Waals surface area contributed by atoms with Gasteiger partial charge < -0.3 is 10.6 Å². The van der Waals surface area contributed by atoms with E-state index in [2.05, 4.69) is 15.7 Å². The van der Waals surface area contributed by atoms with Gasteiger partial charge in [-0.15, -0.1) is 0 Å². The molecular weight excluding hydrogens is 292 g/mol. The molecule has 20 heavy (non-hydrogen) atoms. The number of hydrogen-bond donors (Lipinski definition) is 2. The first kappa shape index (κ1) is 14.8. The van der Waals surface area contributed by atoms with Crippen LogP contribution in [0.4, 0.5) is 5.69 Å². The van der Waals surface area contributed by atoms with Crippen molar-refractivity contribution in [1.29, 1.82) is 0 Å². The van der Waals surface area contributed by atoms with Crippen molar-refractivity contribution >= 4 is 34.6 Å². The standard InChI is InChI=1S/C14H17ClN4S/c1-9-4-5-12(15)6-13(9)17-14(20)16-7-11-8-19(3)18-10(11)2/h4-6,8H,7H2,1-3H3,(H2,16,17,20). The Kier molecular flexibility index (Phi) is 4.62. The maximum Gasteiger partial charge on any atom is 0.171 e. The lowest BCUT2D eigenvalue weighted by molar-refractivity contribution is 0.756. The first-order valence-corrected chi connectivity index (χ1v) is 7.04. The highest BCUT2D eigenvalue weighted by molar-refractivity contribution is 7.80. The lowest BCUT2D eigenvalue weighted by Crippen LogP contribution is -2.28.